The van der Waals surface area contributed by atoms with Gasteiger partial charge in [-0.1, -0.05) is 0 Å². The molecule has 0 unspecified atom stereocenters. The minimum Gasteiger partial charge on any atom is -0.322 e. The zero-order valence-electron chi connectivity index (χ0n) is 12.3. The number of carbonyl (C=O) groups excluding carboxylic acids is 1. The number of nitrogens with one attached hydrogen (secondary N) is 3. The van der Waals surface area contributed by atoms with Crippen molar-refractivity contribution in [2.45, 2.75) is 6.92 Å². The van der Waals surface area contributed by atoms with Gasteiger partial charge < -0.3 is 19.7 Å². The van der Waals surface area contributed by atoms with Crippen LogP contribution in [0.4, 0.5) is 5.69 Å². The number of anilines is 1. The zero-order chi connectivity index (χ0) is 16.0. The lowest BCUT2D eigenvalue weighted by molar-refractivity contribution is 0.102. The number of hydrogen-bond acceptors (Lipinski definition) is 3. The number of imidazole rings is 2. The van der Waals surface area contributed by atoms with Crippen molar-refractivity contribution in [3.05, 3.63) is 64.5 Å². The average molecular weight is 307 g/mol. The van der Waals surface area contributed by atoms with Crippen molar-refractivity contribution in [1.82, 2.24) is 19.4 Å². The number of H-pyrrole nitrogens is 2. The topological polar surface area (TPSA) is 95.0 Å². The molecule has 0 saturated carbocycles. The molecule has 3 heterocycles. The second kappa shape index (κ2) is 4.84. The summed E-state index contributed by atoms with van der Waals surface area (Å²) in [7, 11) is 0. The number of pyridine rings is 1. The standard InChI is InChI=1S/C16H13N5O2/c1-9-8-21-5-4-10(6-14(21)17-9)15(22)18-11-2-3-12-13(7-11)20-16(23)19-12/h2-8H,1H3,(H,18,22)(H2,19,20,23). The highest BCUT2D eigenvalue weighted by atomic mass is 16.2. The summed E-state index contributed by atoms with van der Waals surface area (Å²) in [4.78, 5) is 33.3. The van der Waals surface area contributed by atoms with Crippen LogP contribution in [0.15, 0.2) is 47.5 Å². The maximum Gasteiger partial charge on any atom is 0.323 e. The number of carbonyl (C=O) groups is 1. The minimum absolute atomic E-state index is 0.231. The number of benzene rings is 1. The van der Waals surface area contributed by atoms with Crippen molar-refractivity contribution in [1.29, 1.82) is 0 Å². The molecule has 0 radical (unpaired) electrons. The first-order valence-electron chi connectivity index (χ1n) is 7.07. The van der Waals surface area contributed by atoms with E-state index in [4.69, 9.17) is 0 Å². The van der Waals surface area contributed by atoms with Crippen LogP contribution in [0.25, 0.3) is 16.7 Å². The first-order valence-corrected chi connectivity index (χ1v) is 7.07. The molecule has 3 N–H and O–H groups in total. The number of nitrogens with zero attached hydrogens (tertiary/aromatic N) is 2. The van der Waals surface area contributed by atoms with E-state index in [0.717, 1.165) is 11.3 Å². The smallest absolute Gasteiger partial charge is 0.322 e. The number of hydrogen-bond donors (Lipinski definition) is 3. The van der Waals surface area contributed by atoms with E-state index >= 15 is 0 Å². The van der Waals surface area contributed by atoms with Gasteiger partial charge in [0.2, 0.25) is 0 Å². The Bertz CT molecular complexity index is 1100. The normalized spacial score (nSPS) is 11.2. The lowest BCUT2D eigenvalue weighted by Crippen LogP contribution is -2.12. The monoisotopic (exact) mass is 307 g/mol. The van der Waals surface area contributed by atoms with Gasteiger partial charge in [-0.3, -0.25) is 4.79 Å². The van der Waals surface area contributed by atoms with Gasteiger partial charge in [-0.15, -0.1) is 0 Å². The molecular weight excluding hydrogens is 294 g/mol. The van der Waals surface area contributed by atoms with Crippen LogP contribution in [0.1, 0.15) is 16.1 Å². The van der Waals surface area contributed by atoms with Gasteiger partial charge in [0.1, 0.15) is 5.65 Å². The fraction of sp³-hybridized carbons (Fsp3) is 0.0625. The highest BCUT2D eigenvalue weighted by Gasteiger charge is 2.09. The molecule has 0 saturated heterocycles. The van der Waals surface area contributed by atoms with Gasteiger partial charge in [-0.25, -0.2) is 9.78 Å². The van der Waals surface area contributed by atoms with Crippen molar-refractivity contribution in [3.63, 3.8) is 0 Å². The van der Waals surface area contributed by atoms with Crippen molar-refractivity contribution in [2.24, 2.45) is 0 Å². The molecule has 7 heteroatoms. The molecule has 7 nitrogen and oxygen atoms in total. The predicted molar refractivity (Wildman–Crippen MR) is 86.8 cm³/mol. The van der Waals surface area contributed by atoms with E-state index in [0.29, 0.717) is 22.3 Å². The molecule has 0 fully saturated rings. The average Bonchev–Trinajstić information content (AvgIpc) is 3.06. The van der Waals surface area contributed by atoms with E-state index in [1.807, 2.05) is 17.5 Å². The Morgan fingerprint density at radius 1 is 1.17 bits per heavy atom. The lowest BCUT2D eigenvalue weighted by Gasteiger charge is -2.05. The van der Waals surface area contributed by atoms with E-state index in [9.17, 15) is 9.59 Å². The molecule has 4 rings (SSSR count). The summed E-state index contributed by atoms with van der Waals surface area (Å²) in [5.74, 6) is -0.231. The van der Waals surface area contributed by atoms with Crippen LogP contribution in [0.5, 0.6) is 0 Å². The first kappa shape index (κ1) is 13.3. The van der Waals surface area contributed by atoms with Crippen LogP contribution in [0.3, 0.4) is 0 Å². The number of aryl methyl sites for hydroxylation is 1. The third-order valence-electron chi connectivity index (χ3n) is 3.62. The molecule has 0 spiro atoms. The van der Waals surface area contributed by atoms with Gasteiger partial charge in [0.15, 0.2) is 0 Å². The maximum absolute atomic E-state index is 12.4. The van der Waals surface area contributed by atoms with Crippen LogP contribution in [0, 0.1) is 6.92 Å². The second-order valence-electron chi connectivity index (χ2n) is 5.36. The molecule has 0 bridgehead atoms. The Hall–Kier alpha value is -3.35. The van der Waals surface area contributed by atoms with Gasteiger partial charge in [0, 0.05) is 23.6 Å². The molecule has 0 aliphatic heterocycles. The Morgan fingerprint density at radius 2 is 2.00 bits per heavy atom. The summed E-state index contributed by atoms with van der Waals surface area (Å²) in [5, 5.41) is 2.82. The summed E-state index contributed by atoms with van der Waals surface area (Å²) in [5.41, 5.74) is 3.81. The molecule has 4 aromatic rings. The van der Waals surface area contributed by atoms with Gasteiger partial charge in [0.25, 0.3) is 5.91 Å². The molecule has 0 aliphatic carbocycles. The molecular formula is C16H13N5O2. The summed E-state index contributed by atoms with van der Waals surface area (Å²) >= 11 is 0. The SMILES string of the molecule is Cc1cn2ccc(C(=O)Nc3ccc4[nH]c(=O)[nH]c4c3)cc2n1. The largest absolute Gasteiger partial charge is 0.323 e. The molecule has 0 atom stereocenters. The fourth-order valence-electron chi connectivity index (χ4n) is 2.56. The van der Waals surface area contributed by atoms with Crippen molar-refractivity contribution in [2.75, 3.05) is 5.32 Å². The fourth-order valence-corrected chi connectivity index (χ4v) is 2.56. The zero-order valence-corrected chi connectivity index (χ0v) is 12.3. The predicted octanol–water partition coefficient (Wildman–Crippen LogP) is 2.06. The molecule has 23 heavy (non-hydrogen) atoms. The first-order chi connectivity index (χ1) is 11.1. The Labute approximate surface area is 130 Å². The quantitative estimate of drug-likeness (QED) is 0.529. The van der Waals surface area contributed by atoms with Crippen LogP contribution in [-0.4, -0.2) is 25.3 Å². The molecule has 0 aliphatic rings. The molecule has 3 aromatic heterocycles. The summed E-state index contributed by atoms with van der Waals surface area (Å²) in [6.07, 6.45) is 3.70. The lowest BCUT2D eigenvalue weighted by atomic mass is 10.2. The molecule has 1 amide bonds. The van der Waals surface area contributed by atoms with E-state index < -0.39 is 0 Å². The van der Waals surface area contributed by atoms with Crippen molar-refractivity contribution >= 4 is 28.3 Å². The van der Waals surface area contributed by atoms with Crippen molar-refractivity contribution < 1.29 is 4.79 Å². The Morgan fingerprint density at radius 3 is 2.87 bits per heavy atom. The third kappa shape index (κ3) is 2.38. The molecule has 1 aromatic carbocycles. The summed E-state index contributed by atoms with van der Waals surface area (Å²) in [6.45, 7) is 1.90. The minimum atomic E-state index is -0.274. The van der Waals surface area contributed by atoms with E-state index in [1.54, 1.807) is 36.5 Å². The van der Waals surface area contributed by atoms with Gasteiger partial charge in [-0.05, 0) is 37.3 Å². The Balaban J connectivity index is 1.65. The van der Waals surface area contributed by atoms with Crippen LogP contribution in [-0.2, 0) is 0 Å². The Kier molecular flexibility index (Phi) is 2.80. The van der Waals surface area contributed by atoms with Gasteiger partial charge >= 0.3 is 5.69 Å². The summed E-state index contributed by atoms with van der Waals surface area (Å²) < 4.78 is 1.86. The van der Waals surface area contributed by atoms with Crippen LogP contribution in [0.2, 0.25) is 0 Å². The molecule has 114 valence electrons. The van der Waals surface area contributed by atoms with E-state index in [1.165, 1.54) is 0 Å². The third-order valence-corrected chi connectivity index (χ3v) is 3.62. The van der Waals surface area contributed by atoms with Crippen molar-refractivity contribution in [3.8, 4) is 0 Å². The highest BCUT2D eigenvalue weighted by molar-refractivity contribution is 6.05. The van der Waals surface area contributed by atoms with Gasteiger partial charge in [-0.2, -0.15) is 0 Å². The maximum atomic E-state index is 12.4. The highest BCUT2D eigenvalue weighted by Crippen LogP contribution is 2.16. The number of rotatable bonds is 2. The number of fused-ring (bicyclic) bond motifs is 2. The van der Waals surface area contributed by atoms with Crippen LogP contribution >= 0.6 is 0 Å². The number of aromatic nitrogens is 4. The van der Waals surface area contributed by atoms with E-state index in [2.05, 4.69) is 20.3 Å². The second-order valence-corrected chi connectivity index (χ2v) is 5.36. The number of aromatic amines is 2. The van der Waals surface area contributed by atoms with Crippen LogP contribution < -0.4 is 11.0 Å². The van der Waals surface area contributed by atoms with E-state index in [-0.39, 0.29) is 11.6 Å². The number of amides is 1. The van der Waals surface area contributed by atoms with Gasteiger partial charge in [0.05, 0.1) is 16.7 Å². The summed E-state index contributed by atoms with van der Waals surface area (Å²) in [6, 6.07) is 8.66.